The Hall–Kier alpha value is -2.75. The minimum Gasteiger partial charge on any atom is -0.540 e. The lowest BCUT2D eigenvalue weighted by Gasteiger charge is -2.01. The summed E-state index contributed by atoms with van der Waals surface area (Å²) < 4.78 is 12.3. The first kappa shape index (κ1) is 13.2. The van der Waals surface area contributed by atoms with Crippen LogP contribution in [-0.4, -0.2) is 7.11 Å². The van der Waals surface area contributed by atoms with Crippen LogP contribution in [0.25, 0.3) is 22.7 Å². The highest BCUT2D eigenvalue weighted by Crippen LogP contribution is 2.30. The zero-order chi connectivity index (χ0) is 14.8. The van der Waals surface area contributed by atoms with Gasteiger partial charge in [0.15, 0.2) is 0 Å². The lowest BCUT2D eigenvalue weighted by molar-refractivity contribution is -0.652. The summed E-state index contributed by atoms with van der Waals surface area (Å²) in [5.74, 6) is 0.952. The van der Waals surface area contributed by atoms with Crippen LogP contribution in [0.15, 0.2) is 59.0 Å². The van der Waals surface area contributed by atoms with E-state index in [1.165, 1.54) is 0 Å². The highest BCUT2D eigenvalue weighted by atomic mass is 16.5. The Morgan fingerprint density at radius 2 is 1.62 bits per heavy atom. The Labute approximate surface area is 122 Å². The van der Waals surface area contributed by atoms with E-state index in [9.17, 15) is 5.11 Å². The second-order valence-corrected chi connectivity index (χ2v) is 4.70. The zero-order valence-electron chi connectivity index (χ0n) is 11.9. The first-order valence-corrected chi connectivity index (χ1v) is 6.60. The molecular formula is C17H15NO3. The summed E-state index contributed by atoms with van der Waals surface area (Å²) >= 11 is 0. The topological polar surface area (TPSA) is 49.3 Å². The van der Waals surface area contributed by atoms with Gasteiger partial charge >= 0.3 is 0 Å². The van der Waals surface area contributed by atoms with E-state index in [4.69, 9.17) is 9.15 Å². The second kappa shape index (κ2) is 5.32. The second-order valence-electron chi connectivity index (χ2n) is 4.70. The summed E-state index contributed by atoms with van der Waals surface area (Å²) in [6.45, 7) is 0. The summed E-state index contributed by atoms with van der Waals surface area (Å²) in [4.78, 5) is 0. The molecule has 2 aromatic carbocycles. The van der Waals surface area contributed by atoms with Gasteiger partial charge < -0.3 is 14.3 Å². The third kappa shape index (κ3) is 2.36. The summed E-state index contributed by atoms with van der Waals surface area (Å²) in [7, 11) is 3.44. The Bertz CT molecular complexity index is 746. The number of hydrogen-bond acceptors (Lipinski definition) is 3. The summed E-state index contributed by atoms with van der Waals surface area (Å²) in [5.41, 5.74) is 2.20. The van der Waals surface area contributed by atoms with Gasteiger partial charge in [-0.25, -0.2) is 0 Å². The molecule has 0 aliphatic rings. The maximum Gasteiger partial charge on any atom is 0.269 e. The highest BCUT2D eigenvalue weighted by molar-refractivity contribution is 5.63. The van der Waals surface area contributed by atoms with Crippen molar-refractivity contribution in [3.63, 3.8) is 0 Å². The number of benzene rings is 2. The first-order valence-electron chi connectivity index (χ1n) is 6.60. The number of hydrogen-bond donors (Lipinski definition) is 0. The van der Waals surface area contributed by atoms with Crippen molar-refractivity contribution in [2.45, 2.75) is 0 Å². The molecule has 3 rings (SSSR count). The van der Waals surface area contributed by atoms with E-state index in [1.54, 1.807) is 11.7 Å². The fourth-order valence-corrected chi connectivity index (χ4v) is 2.34. The van der Waals surface area contributed by atoms with Crippen molar-refractivity contribution in [3.05, 3.63) is 54.6 Å². The third-order valence-electron chi connectivity index (χ3n) is 3.41. The molecule has 0 saturated heterocycles. The molecule has 4 heteroatoms. The molecule has 0 amide bonds. The van der Waals surface area contributed by atoms with Gasteiger partial charge in [0.1, 0.15) is 18.7 Å². The van der Waals surface area contributed by atoms with Crippen LogP contribution in [0.5, 0.6) is 11.7 Å². The highest BCUT2D eigenvalue weighted by Gasteiger charge is 2.20. The van der Waals surface area contributed by atoms with Crippen LogP contribution < -0.4 is 14.4 Å². The molecule has 0 bridgehead atoms. The largest absolute Gasteiger partial charge is 0.540 e. The number of oxazole rings is 1. The van der Waals surface area contributed by atoms with Gasteiger partial charge in [-0.2, -0.15) is 4.57 Å². The molecule has 3 aromatic rings. The monoisotopic (exact) mass is 281 g/mol. The third-order valence-corrected chi connectivity index (χ3v) is 3.41. The molecule has 4 nitrogen and oxygen atoms in total. The zero-order valence-corrected chi connectivity index (χ0v) is 11.9. The van der Waals surface area contributed by atoms with Gasteiger partial charge in [0.25, 0.3) is 5.89 Å². The molecule has 0 saturated carbocycles. The number of methoxy groups -OCH3 is 1. The van der Waals surface area contributed by atoms with E-state index in [0.29, 0.717) is 11.6 Å². The van der Waals surface area contributed by atoms with Crippen molar-refractivity contribution in [2.75, 3.05) is 7.11 Å². The number of aromatic nitrogens is 1. The SMILES string of the molecule is COc1ccc(-c2c([O-])oc(-c3ccccc3)[n+]2C)cc1. The lowest BCUT2D eigenvalue weighted by Crippen LogP contribution is -2.31. The van der Waals surface area contributed by atoms with Crippen LogP contribution in [-0.2, 0) is 7.05 Å². The standard InChI is InChI=1S/C17H15NO3/c1-18-15(12-8-10-14(20-2)11-9-12)17(19)21-16(18)13-6-4-3-5-7-13/h3-11H,1-2H3. The van der Waals surface area contributed by atoms with Gasteiger partial charge in [0, 0.05) is 5.56 Å². The van der Waals surface area contributed by atoms with E-state index in [0.717, 1.165) is 16.9 Å². The van der Waals surface area contributed by atoms with Crippen LogP contribution >= 0.6 is 0 Å². The van der Waals surface area contributed by atoms with Gasteiger partial charge in [0.2, 0.25) is 5.69 Å². The van der Waals surface area contributed by atoms with Gasteiger partial charge in [-0.3, -0.25) is 0 Å². The van der Waals surface area contributed by atoms with Gasteiger partial charge in [-0.05, 0) is 36.4 Å². The molecular weight excluding hydrogens is 266 g/mol. The maximum absolute atomic E-state index is 12.2. The number of rotatable bonds is 3. The van der Waals surface area contributed by atoms with Crippen molar-refractivity contribution >= 4 is 0 Å². The Morgan fingerprint density at radius 3 is 2.24 bits per heavy atom. The van der Waals surface area contributed by atoms with Gasteiger partial charge in [-0.1, -0.05) is 18.2 Å². The lowest BCUT2D eigenvalue weighted by atomic mass is 10.1. The molecule has 1 heterocycles. The van der Waals surface area contributed by atoms with E-state index >= 15 is 0 Å². The smallest absolute Gasteiger partial charge is 0.269 e. The van der Waals surface area contributed by atoms with Crippen molar-refractivity contribution < 1.29 is 18.8 Å². The van der Waals surface area contributed by atoms with E-state index < -0.39 is 0 Å². The molecule has 0 atom stereocenters. The van der Waals surface area contributed by atoms with Crippen molar-refractivity contribution in [1.82, 2.24) is 0 Å². The number of ether oxygens (including phenoxy) is 1. The van der Waals surface area contributed by atoms with Crippen LogP contribution in [0.1, 0.15) is 0 Å². The predicted octanol–water partition coefficient (Wildman–Crippen LogP) is 2.52. The van der Waals surface area contributed by atoms with E-state index in [2.05, 4.69) is 0 Å². The molecule has 0 spiro atoms. The molecule has 21 heavy (non-hydrogen) atoms. The van der Waals surface area contributed by atoms with Crippen molar-refractivity contribution in [2.24, 2.45) is 7.05 Å². The average Bonchev–Trinajstić information content (AvgIpc) is 2.83. The molecule has 0 N–H and O–H groups in total. The minimum atomic E-state index is -0.346. The molecule has 0 unspecified atom stereocenters. The van der Waals surface area contributed by atoms with Crippen LogP contribution in [0, 0.1) is 0 Å². The molecule has 0 aliphatic heterocycles. The van der Waals surface area contributed by atoms with Gasteiger partial charge in [-0.15, -0.1) is 0 Å². The maximum atomic E-state index is 12.2. The van der Waals surface area contributed by atoms with Crippen LogP contribution in [0.3, 0.4) is 0 Å². The van der Waals surface area contributed by atoms with Crippen LogP contribution in [0.4, 0.5) is 0 Å². The van der Waals surface area contributed by atoms with Crippen LogP contribution in [0.2, 0.25) is 0 Å². The molecule has 1 aromatic heterocycles. The Balaban J connectivity index is 2.09. The fraction of sp³-hybridized carbons (Fsp3) is 0.118. The average molecular weight is 281 g/mol. The first-order chi connectivity index (χ1) is 10.2. The normalized spacial score (nSPS) is 10.6. The Morgan fingerprint density at radius 1 is 0.952 bits per heavy atom. The predicted molar refractivity (Wildman–Crippen MR) is 76.8 cm³/mol. The van der Waals surface area contributed by atoms with Crippen molar-refractivity contribution in [3.8, 4) is 34.4 Å². The minimum absolute atomic E-state index is 0.346. The Kier molecular flexibility index (Phi) is 3.36. The molecule has 0 aliphatic carbocycles. The van der Waals surface area contributed by atoms with E-state index in [-0.39, 0.29) is 5.95 Å². The van der Waals surface area contributed by atoms with Gasteiger partial charge in [0.05, 0.1) is 12.7 Å². The van der Waals surface area contributed by atoms with E-state index in [1.807, 2.05) is 61.6 Å². The molecule has 106 valence electrons. The molecule has 0 fully saturated rings. The molecule has 0 radical (unpaired) electrons. The summed E-state index contributed by atoms with van der Waals surface area (Å²) in [6, 6.07) is 16.9. The fourth-order valence-electron chi connectivity index (χ4n) is 2.34. The summed E-state index contributed by atoms with van der Waals surface area (Å²) in [5, 5.41) is 12.2. The number of nitrogens with zero attached hydrogens (tertiary/aromatic N) is 1. The summed E-state index contributed by atoms with van der Waals surface area (Å²) in [6.07, 6.45) is 0. The van der Waals surface area contributed by atoms with Crippen molar-refractivity contribution in [1.29, 1.82) is 0 Å². The quantitative estimate of drug-likeness (QED) is 0.693.